The van der Waals surface area contributed by atoms with E-state index in [4.69, 9.17) is 14.6 Å². The smallest absolute Gasteiger partial charge is 0.347 e. The van der Waals surface area contributed by atoms with Crippen molar-refractivity contribution in [3.05, 3.63) is 48.5 Å². The molecule has 1 heterocycles. The molecule has 0 radical (unpaired) electrons. The minimum absolute atomic E-state index is 0.543. The molecule has 1 N–H and O–H groups in total. The Bertz CT molecular complexity index is 716. The van der Waals surface area contributed by atoms with Gasteiger partial charge in [0.25, 0.3) is 0 Å². The van der Waals surface area contributed by atoms with E-state index in [2.05, 4.69) is 29.2 Å². The summed E-state index contributed by atoms with van der Waals surface area (Å²) in [4.78, 5) is 13.5. The molecule has 0 aliphatic carbocycles. The first kappa shape index (κ1) is 17.3. The first-order valence-electron chi connectivity index (χ1n) is 8.41. The number of hydrogen-bond donors (Lipinski definition) is 1. The molecule has 0 unspecified atom stereocenters. The van der Waals surface area contributed by atoms with Crippen molar-refractivity contribution in [3.63, 3.8) is 0 Å². The summed E-state index contributed by atoms with van der Waals surface area (Å²) in [6, 6.07) is 15.9. The number of carbonyl (C=O) groups is 1. The Labute approximate surface area is 147 Å². The average molecular weight is 341 g/mol. The molecule has 2 aromatic carbocycles. The van der Waals surface area contributed by atoms with E-state index in [-0.39, 0.29) is 0 Å². The second kappa shape index (κ2) is 7.15. The Morgan fingerprint density at radius 1 is 1.00 bits per heavy atom. The number of carboxylic acids is 1. The van der Waals surface area contributed by atoms with Gasteiger partial charge in [-0.15, -0.1) is 0 Å². The monoisotopic (exact) mass is 341 g/mol. The molecule has 5 nitrogen and oxygen atoms in total. The molecular weight excluding hydrogens is 318 g/mol. The fourth-order valence-electron chi connectivity index (χ4n) is 2.74. The fourth-order valence-corrected chi connectivity index (χ4v) is 2.74. The standard InChI is InChI=1S/C20H23NO4/c1-20(2,19(22)23)25-18-9-5-16(6-10-18)15-3-7-17(8-4-15)21-11-13-24-14-12-21/h3-10H,11-14H2,1-2H3,(H,22,23). The number of ether oxygens (including phenoxy) is 2. The van der Waals surface area contributed by atoms with Gasteiger partial charge in [-0.3, -0.25) is 0 Å². The lowest BCUT2D eigenvalue weighted by molar-refractivity contribution is -0.152. The first-order valence-corrected chi connectivity index (χ1v) is 8.41. The number of benzene rings is 2. The predicted octanol–water partition coefficient (Wildman–Crippen LogP) is 3.43. The number of anilines is 1. The number of aliphatic carboxylic acids is 1. The van der Waals surface area contributed by atoms with Crippen molar-refractivity contribution >= 4 is 11.7 Å². The van der Waals surface area contributed by atoms with Gasteiger partial charge < -0.3 is 19.5 Å². The maximum absolute atomic E-state index is 11.1. The van der Waals surface area contributed by atoms with Crippen LogP contribution in [-0.4, -0.2) is 43.0 Å². The number of rotatable bonds is 5. The van der Waals surface area contributed by atoms with Crippen LogP contribution in [0.3, 0.4) is 0 Å². The van der Waals surface area contributed by atoms with Crippen molar-refractivity contribution in [2.75, 3.05) is 31.2 Å². The van der Waals surface area contributed by atoms with Gasteiger partial charge in [0, 0.05) is 18.8 Å². The highest BCUT2D eigenvalue weighted by Gasteiger charge is 2.29. The van der Waals surface area contributed by atoms with E-state index >= 15 is 0 Å². The fraction of sp³-hybridized carbons (Fsp3) is 0.350. The Morgan fingerprint density at radius 2 is 1.52 bits per heavy atom. The van der Waals surface area contributed by atoms with Crippen molar-refractivity contribution in [2.45, 2.75) is 19.4 Å². The second-order valence-corrected chi connectivity index (χ2v) is 6.59. The maximum atomic E-state index is 11.1. The molecule has 2 aromatic rings. The summed E-state index contributed by atoms with van der Waals surface area (Å²) in [6.45, 7) is 6.46. The van der Waals surface area contributed by atoms with Crippen LogP contribution in [0.4, 0.5) is 5.69 Å². The van der Waals surface area contributed by atoms with E-state index in [1.54, 1.807) is 12.1 Å². The summed E-state index contributed by atoms with van der Waals surface area (Å²) in [5.41, 5.74) is 2.13. The van der Waals surface area contributed by atoms with E-state index < -0.39 is 11.6 Å². The van der Waals surface area contributed by atoms with E-state index in [9.17, 15) is 4.79 Å². The molecule has 0 amide bonds. The first-order chi connectivity index (χ1) is 12.0. The lowest BCUT2D eigenvalue weighted by Crippen LogP contribution is -2.37. The molecule has 1 saturated heterocycles. The molecule has 1 fully saturated rings. The van der Waals surface area contributed by atoms with Crippen LogP contribution in [0.15, 0.2) is 48.5 Å². The summed E-state index contributed by atoms with van der Waals surface area (Å²) < 4.78 is 10.9. The number of morpholine rings is 1. The lowest BCUT2D eigenvalue weighted by atomic mass is 10.0. The number of carboxylic acid groups (broad SMARTS) is 1. The van der Waals surface area contributed by atoms with Crippen LogP contribution >= 0.6 is 0 Å². The molecule has 0 saturated carbocycles. The van der Waals surface area contributed by atoms with E-state index in [1.165, 1.54) is 19.5 Å². The Balaban J connectivity index is 1.70. The third-order valence-corrected chi connectivity index (χ3v) is 4.32. The van der Waals surface area contributed by atoms with Crippen LogP contribution in [0.5, 0.6) is 5.75 Å². The third-order valence-electron chi connectivity index (χ3n) is 4.32. The molecule has 1 aliphatic heterocycles. The second-order valence-electron chi connectivity index (χ2n) is 6.59. The van der Waals surface area contributed by atoms with Gasteiger partial charge in [0.1, 0.15) is 5.75 Å². The summed E-state index contributed by atoms with van der Waals surface area (Å²) in [5.74, 6) is -0.448. The Hall–Kier alpha value is -2.53. The van der Waals surface area contributed by atoms with Crippen LogP contribution in [0, 0.1) is 0 Å². The number of hydrogen-bond acceptors (Lipinski definition) is 4. The number of nitrogens with zero attached hydrogens (tertiary/aromatic N) is 1. The Kier molecular flexibility index (Phi) is 4.95. The molecule has 0 atom stereocenters. The van der Waals surface area contributed by atoms with Crippen LogP contribution in [-0.2, 0) is 9.53 Å². The van der Waals surface area contributed by atoms with E-state index in [0.29, 0.717) is 5.75 Å². The van der Waals surface area contributed by atoms with Crippen LogP contribution in [0.2, 0.25) is 0 Å². The van der Waals surface area contributed by atoms with Gasteiger partial charge in [-0.25, -0.2) is 4.79 Å². The zero-order valence-corrected chi connectivity index (χ0v) is 14.6. The SMILES string of the molecule is CC(C)(Oc1ccc(-c2ccc(N3CCOCC3)cc2)cc1)C(=O)O. The topological polar surface area (TPSA) is 59.0 Å². The van der Waals surface area contributed by atoms with E-state index in [0.717, 1.165) is 37.4 Å². The van der Waals surface area contributed by atoms with Crippen molar-refractivity contribution in [2.24, 2.45) is 0 Å². The van der Waals surface area contributed by atoms with Gasteiger partial charge in [-0.05, 0) is 49.2 Å². The predicted molar refractivity (Wildman–Crippen MR) is 97.3 cm³/mol. The summed E-state index contributed by atoms with van der Waals surface area (Å²) in [5, 5.41) is 9.13. The molecule has 0 aromatic heterocycles. The summed E-state index contributed by atoms with van der Waals surface area (Å²) in [6.07, 6.45) is 0. The van der Waals surface area contributed by atoms with Crippen molar-refractivity contribution < 1.29 is 19.4 Å². The molecule has 25 heavy (non-hydrogen) atoms. The normalized spacial score (nSPS) is 15.0. The van der Waals surface area contributed by atoms with Gasteiger partial charge in [-0.1, -0.05) is 24.3 Å². The minimum atomic E-state index is -1.25. The highest BCUT2D eigenvalue weighted by atomic mass is 16.5. The highest BCUT2D eigenvalue weighted by molar-refractivity contribution is 5.77. The summed E-state index contributed by atoms with van der Waals surface area (Å²) in [7, 11) is 0. The molecule has 0 bridgehead atoms. The largest absolute Gasteiger partial charge is 0.478 e. The van der Waals surface area contributed by atoms with Crippen molar-refractivity contribution in [3.8, 4) is 16.9 Å². The zero-order valence-electron chi connectivity index (χ0n) is 14.6. The summed E-state index contributed by atoms with van der Waals surface area (Å²) >= 11 is 0. The van der Waals surface area contributed by atoms with Gasteiger partial charge in [0.05, 0.1) is 13.2 Å². The van der Waals surface area contributed by atoms with Gasteiger partial charge in [-0.2, -0.15) is 0 Å². The van der Waals surface area contributed by atoms with Gasteiger partial charge in [0.2, 0.25) is 0 Å². The minimum Gasteiger partial charge on any atom is -0.478 e. The molecule has 3 rings (SSSR count). The maximum Gasteiger partial charge on any atom is 0.347 e. The van der Waals surface area contributed by atoms with Crippen LogP contribution in [0.25, 0.3) is 11.1 Å². The molecule has 132 valence electrons. The van der Waals surface area contributed by atoms with Gasteiger partial charge >= 0.3 is 5.97 Å². The average Bonchev–Trinajstić information content (AvgIpc) is 2.63. The molecule has 5 heteroatoms. The molecule has 0 spiro atoms. The quantitative estimate of drug-likeness (QED) is 0.903. The van der Waals surface area contributed by atoms with Crippen LogP contribution in [0.1, 0.15) is 13.8 Å². The Morgan fingerprint density at radius 3 is 2.04 bits per heavy atom. The third kappa shape index (κ3) is 4.12. The molecular formula is C20H23NO4. The van der Waals surface area contributed by atoms with Crippen LogP contribution < -0.4 is 9.64 Å². The van der Waals surface area contributed by atoms with E-state index in [1.807, 2.05) is 12.1 Å². The van der Waals surface area contributed by atoms with Gasteiger partial charge in [0.15, 0.2) is 5.60 Å². The van der Waals surface area contributed by atoms with Crippen molar-refractivity contribution in [1.82, 2.24) is 0 Å². The lowest BCUT2D eigenvalue weighted by Gasteiger charge is -2.28. The zero-order chi connectivity index (χ0) is 17.9. The molecule has 1 aliphatic rings. The van der Waals surface area contributed by atoms with Crippen molar-refractivity contribution in [1.29, 1.82) is 0 Å². The highest BCUT2D eigenvalue weighted by Crippen LogP contribution is 2.27.